The third kappa shape index (κ3) is 2.17. The lowest BCUT2D eigenvalue weighted by molar-refractivity contribution is 0.0691. The number of carbonyl (C=O) groups is 1. The molecule has 0 radical (unpaired) electrons. The average Bonchev–Trinajstić information content (AvgIpc) is 2.68. The lowest BCUT2D eigenvalue weighted by Gasteiger charge is -1.95. The molecule has 2 aromatic rings. The van der Waals surface area contributed by atoms with Crippen LogP contribution >= 0.6 is 22.6 Å². The molecular formula is C10H7IN2O2. The number of carboxylic acids is 1. The van der Waals surface area contributed by atoms with Crippen LogP contribution < -0.4 is 0 Å². The molecule has 0 aliphatic heterocycles. The first-order chi connectivity index (χ1) is 7.16. The molecular weight excluding hydrogens is 307 g/mol. The highest BCUT2D eigenvalue weighted by Gasteiger charge is 2.08. The average molecular weight is 314 g/mol. The van der Waals surface area contributed by atoms with E-state index in [1.165, 1.54) is 6.20 Å². The number of H-pyrrole nitrogens is 1. The maximum Gasteiger partial charge on any atom is 0.356 e. The zero-order chi connectivity index (χ0) is 10.8. The first-order valence-electron chi connectivity index (χ1n) is 4.21. The second kappa shape index (κ2) is 4.01. The van der Waals surface area contributed by atoms with E-state index in [0.29, 0.717) is 5.82 Å². The molecule has 4 nitrogen and oxygen atoms in total. The fraction of sp³-hybridized carbons (Fsp3) is 0. The van der Waals surface area contributed by atoms with E-state index in [1.807, 2.05) is 24.3 Å². The van der Waals surface area contributed by atoms with Crippen LogP contribution in [0, 0.1) is 3.57 Å². The summed E-state index contributed by atoms with van der Waals surface area (Å²) in [5.41, 5.74) is 0.909. The fourth-order valence-electron chi connectivity index (χ4n) is 1.19. The second-order valence-electron chi connectivity index (χ2n) is 2.95. The number of halogens is 1. The molecule has 2 rings (SSSR count). The lowest BCUT2D eigenvalue weighted by atomic mass is 10.2. The number of aromatic amines is 1. The molecule has 0 saturated carbocycles. The number of hydrogen-bond donors (Lipinski definition) is 2. The zero-order valence-electron chi connectivity index (χ0n) is 7.57. The molecule has 0 atom stereocenters. The van der Waals surface area contributed by atoms with Crippen LogP contribution in [0.25, 0.3) is 11.4 Å². The summed E-state index contributed by atoms with van der Waals surface area (Å²) in [6.07, 6.45) is 1.38. The highest BCUT2D eigenvalue weighted by atomic mass is 127. The van der Waals surface area contributed by atoms with Crippen molar-refractivity contribution < 1.29 is 9.90 Å². The summed E-state index contributed by atoms with van der Waals surface area (Å²) in [5.74, 6) is -0.452. The molecule has 0 saturated heterocycles. The van der Waals surface area contributed by atoms with Crippen molar-refractivity contribution in [1.29, 1.82) is 0 Å². The summed E-state index contributed by atoms with van der Waals surface area (Å²) in [6, 6.07) is 7.68. The van der Waals surface area contributed by atoms with Crippen molar-refractivity contribution >= 4 is 28.6 Å². The van der Waals surface area contributed by atoms with E-state index in [1.54, 1.807) is 0 Å². The number of nitrogens with zero attached hydrogens (tertiary/aromatic N) is 1. The van der Waals surface area contributed by atoms with Crippen LogP contribution in [0.5, 0.6) is 0 Å². The maximum absolute atomic E-state index is 10.6. The van der Waals surface area contributed by atoms with Gasteiger partial charge in [-0.1, -0.05) is 12.1 Å². The van der Waals surface area contributed by atoms with Gasteiger partial charge >= 0.3 is 5.97 Å². The van der Waals surface area contributed by atoms with Gasteiger partial charge in [-0.3, -0.25) is 0 Å². The highest BCUT2D eigenvalue weighted by Crippen LogP contribution is 2.17. The van der Waals surface area contributed by atoms with Gasteiger partial charge in [-0.05, 0) is 34.7 Å². The number of nitrogens with one attached hydrogen (secondary N) is 1. The van der Waals surface area contributed by atoms with Gasteiger partial charge in [0.05, 0.1) is 0 Å². The first kappa shape index (κ1) is 10.2. The number of aromatic nitrogens is 2. The van der Waals surface area contributed by atoms with Crippen molar-refractivity contribution in [2.45, 2.75) is 0 Å². The summed E-state index contributed by atoms with van der Waals surface area (Å²) in [4.78, 5) is 17.4. The first-order valence-corrected chi connectivity index (χ1v) is 5.29. The number of carboxylic acid groups (broad SMARTS) is 1. The van der Waals surface area contributed by atoms with E-state index >= 15 is 0 Å². The third-order valence-electron chi connectivity index (χ3n) is 1.91. The molecule has 2 N–H and O–H groups in total. The maximum atomic E-state index is 10.6. The van der Waals surface area contributed by atoms with Crippen LogP contribution in [0.2, 0.25) is 0 Å². The summed E-state index contributed by atoms with van der Waals surface area (Å²) < 4.78 is 1.13. The Kier molecular flexibility index (Phi) is 2.72. The standard InChI is InChI=1S/C10H7IN2O2/c11-7-3-1-6(2-4-7)9-12-5-8(13-9)10(14)15/h1-5H,(H,12,13)(H,14,15). The smallest absolute Gasteiger partial charge is 0.356 e. The quantitative estimate of drug-likeness (QED) is 0.837. The van der Waals surface area contributed by atoms with Crippen molar-refractivity contribution in [3.05, 3.63) is 39.7 Å². The molecule has 0 unspecified atom stereocenters. The van der Waals surface area contributed by atoms with Crippen molar-refractivity contribution in [2.75, 3.05) is 0 Å². The van der Waals surface area contributed by atoms with Crippen molar-refractivity contribution in [3.63, 3.8) is 0 Å². The van der Waals surface area contributed by atoms with Crippen LogP contribution in [0.1, 0.15) is 10.5 Å². The van der Waals surface area contributed by atoms with E-state index in [4.69, 9.17) is 5.11 Å². The van der Waals surface area contributed by atoms with Crippen molar-refractivity contribution in [1.82, 2.24) is 9.97 Å². The van der Waals surface area contributed by atoms with Crippen LogP contribution in [-0.2, 0) is 0 Å². The van der Waals surface area contributed by atoms with Gasteiger partial charge in [-0.15, -0.1) is 0 Å². The molecule has 76 valence electrons. The minimum absolute atomic E-state index is 0.0311. The Morgan fingerprint density at radius 3 is 2.53 bits per heavy atom. The SMILES string of the molecule is O=C(O)c1c[nH]c(-c2ccc(I)cc2)n1. The van der Waals surface area contributed by atoms with Gasteiger partial charge < -0.3 is 10.1 Å². The van der Waals surface area contributed by atoms with Crippen LogP contribution in [0.3, 0.4) is 0 Å². The van der Waals surface area contributed by atoms with E-state index in [0.717, 1.165) is 9.13 Å². The van der Waals surface area contributed by atoms with Gasteiger partial charge in [0.2, 0.25) is 0 Å². The lowest BCUT2D eigenvalue weighted by Crippen LogP contribution is -1.95. The van der Waals surface area contributed by atoms with Gasteiger partial charge in [0.15, 0.2) is 5.69 Å². The van der Waals surface area contributed by atoms with E-state index < -0.39 is 5.97 Å². The van der Waals surface area contributed by atoms with Gasteiger partial charge in [0, 0.05) is 15.3 Å². The minimum Gasteiger partial charge on any atom is -0.476 e. The Morgan fingerprint density at radius 1 is 1.33 bits per heavy atom. The Morgan fingerprint density at radius 2 is 2.00 bits per heavy atom. The summed E-state index contributed by atoms with van der Waals surface area (Å²) >= 11 is 2.21. The molecule has 0 aliphatic carbocycles. The number of rotatable bonds is 2. The molecule has 1 aromatic heterocycles. The van der Waals surface area contributed by atoms with E-state index in [-0.39, 0.29) is 5.69 Å². The van der Waals surface area contributed by atoms with Gasteiger partial charge in [0.1, 0.15) is 5.82 Å². The normalized spacial score (nSPS) is 10.2. The number of hydrogen-bond acceptors (Lipinski definition) is 2. The summed E-state index contributed by atoms with van der Waals surface area (Å²) in [6.45, 7) is 0. The highest BCUT2D eigenvalue weighted by molar-refractivity contribution is 14.1. The van der Waals surface area contributed by atoms with E-state index in [9.17, 15) is 4.79 Å². The monoisotopic (exact) mass is 314 g/mol. The Labute approximate surface area is 99.5 Å². The number of imidazole rings is 1. The molecule has 15 heavy (non-hydrogen) atoms. The van der Waals surface area contributed by atoms with E-state index in [2.05, 4.69) is 32.6 Å². The van der Waals surface area contributed by atoms with Crippen LogP contribution in [-0.4, -0.2) is 21.0 Å². The molecule has 5 heteroatoms. The van der Waals surface area contributed by atoms with Crippen LogP contribution in [0.4, 0.5) is 0 Å². The molecule has 1 aromatic carbocycles. The Bertz CT molecular complexity index is 490. The number of aromatic carboxylic acids is 1. The second-order valence-corrected chi connectivity index (χ2v) is 4.19. The van der Waals surface area contributed by atoms with Crippen LogP contribution in [0.15, 0.2) is 30.5 Å². The van der Waals surface area contributed by atoms with Crippen molar-refractivity contribution in [3.8, 4) is 11.4 Å². The number of benzene rings is 1. The predicted molar refractivity (Wildman–Crippen MR) is 63.7 cm³/mol. The Balaban J connectivity index is 2.37. The van der Waals surface area contributed by atoms with Gasteiger partial charge in [0.25, 0.3) is 0 Å². The third-order valence-corrected chi connectivity index (χ3v) is 2.63. The molecule has 0 amide bonds. The topological polar surface area (TPSA) is 66.0 Å². The zero-order valence-corrected chi connectivity index (χ0v) is 9.72. The molecule has 0 spiro atoms. The molecule has 0 fully saturated rings. The minimum atomic E-state index is -1.02. The summed E-state index contributed by atoms with van der Waals surface area (Å²) in [5, 5.41) is 8.71. The van der Waals surface area contributed by atoms with Crippen molar-refractivity contribution in [2.24, 2.45) is 0 Å². The molecule has 0 aliphatic rings. The molecule has 0 bridgehead atoms. The summed E-state index contributed by atoms with van der Waals surface area (Å²) in [7, 11) is 0. The predicted octanol–water partition coefficient (Wildman–Crippen LogP) is 2.38. The largest absolute Gasteiger partial charge is 0.476 e. The van der Waals surface area contributed by atoms with Gasteiger partial charge in [-0.25, -0.2) is 9.78 Å². The Hall–Kier alpha value is -1.37. The van der Waals surface area contributed by atoms with Gasteiger partial charge in [-0.2, -0.15) is 0 Å². The molecule has 1 heterocycles. The fourth-order valence-corrected chi connectivity index (χ4v) is 1.55.